The smallest absolute Gasteiger partial charge is 0.478 e. The maximum Gasteiger partial charge on any atom is 0.478 e. The number of oxime groups is 2. The Bertz CT molecular complexity index is 1600. The maximum absolute atomic E-state index is 13.3. The van der Waals surface area contributed by atoms with Gasteiger partial charge in [0.15, 0.2) is 11.4 Å². The molecule has 20 heteroatoms. The monoisotopic (exact) mass is 730 g/mol. The van der Waals surface area contributed by atoms with Crippen molar-refractivity contribution in [3.05, 3.63) is 68.6 Å². The van der Waals surface area contributed by atoms with Crippen molar-refractivity contribution in [3.8, 4) is 0 Å². The van der Waals surface area contributed by atoms with Crippen LogP contribution in [0.1, 0.15) is 47.9 Å². The summed E-state index contributed by atoms with van der Waals surface area (Å²) in [6.07, 6.45) is 4.73. The highest BCUT2D eigenvalue weighted by molar-refractivity contribution is 7.13. The highest BCUT2D eigenvalue weighted by atomic mass is 32.1. The molecule has 4 atom stereocenters. The summed E-state index contributed by atoms with van der Waals surface area (Å²) in [6, 6.07) is 5.16. The topological polar surface area (TPSA) is 235 Å². The number of carboxylic acids is 2. The minimum atomic E-state index is -1.46. The second kappa shape index (κ2) is 19.2. The molecule has 0 fully saturated rings. The van der Waals surface area contributed by atoms with Gasteiger partial charge >= 0.3 is 26.2 Å². The molecule has 16 nitrogen and oxygen atoms in total. The van der Waals surface area contributed by atoms with E-state index in [0.29, 0.717) is 16.2 Å². The molecule has 0 aromatic carbocycles. The molecule has 50 heavy (non-hydrogen) atoms. The maximum atomic E-state index is 13.3. The Morgan fingerprint density at radius 2 is 1.44 bits per heavy atom. The minimum absolute atomic E-state index is 0.0230. The third-order valence-corrected chi connectivity index (χ3v) is 9.04. The van der Waals surface area contributed by atoms with Gasteiger partial charge in [0.05, 0.1) is 46.7 Å². The minimum Gasteiger partial charge on any atom is -0.481 e. The molecule has 4 heterocycles. The van der Waals surface area contributed by atoms with E-state index in [4.69, 9.17) is 29.2 Å². The first-order valence-electron chi connectivity index (χ1n) is 15.6. The highest BCUT2D eigenvalue weighted by Gasteiger charge is 2.35. The van der Waals surface area contributed by atoms with E-state index in [0.717, 1.165) is 5.56 Å². The Morgan fingerprint density at radius 3 is 1.96 bits per heavy atom. The van der Waals surface area contributed by atoms with Crippen molar-refractivity contribution in [1.29, 1.82) is 0 Å². The number of nitrogens with zero attached hydrogens (tertiary/aromatic N) is 2. The van der Waals surface area contributed by atoms with Gasteiger partial charge in [-0.3, -0.25) is 19.2 Å². The molecular formula is C30H36B2N4O12S2. The van der Waals surface area contributed by atoms with Crippen LogP contribution in [0.25, 0.3) is 0 Å². The Morgan fingerprint density at radius 1 is 0.880 bits per heavy atom. The summed E-state index contributed by atoms with van der Waals surface area (Å²) in [5.41, 5.74) is 0.721. The number of amides is 2. The number of carbonyl (C=O) groups excluding carboxylic acids is 2. The van der Waals surface area contributed by atoms with Gasteiger partial charge in [0.25, 0.3) is 11.8 Å². The average molecular weight is 730 g/mol. The van der Waals surface area contributed by atoms with Crippen molar-refractivity contribution in [3.63, 3.8) is 0 Å². The first-order valence-corrected chi connectivity index (χ1v) is 17.4. The second-order valence-electron chi connectivity index (χ2n) is 11.0. The molecule has 2 aliphatic rings. The molecule has 4 rings (SSSR count). The van der Waals surface area contributed by atoms with Gasteiger partial charge in [0.2, 0.25) is 0 Å². The van der Waals surface area contributed by atoms with E-state index in [1.807, 2.05) is 0 Å². The molecule has 2 amide bonds. The fourth-order valence-corrected chi connectivity index (χ4v) is 6.41. The van der Waals surface area contributed by atoms with Crippen LogP contribution in [-0.2, 0) is 44.6 Å². The summed E-state index contributed by atoms with van der Waals surface area (Å²) >= 11 is 2.49. The number of rotatable bonds is 16. The van der Waals surface area contributed by atoms with Crippen molar-refractivity contribution < 1.29 is 58.4 Å². The first-order chi connectivity index (χ1) is 24.0. The predicted molar refractivity (Wildman–Crippen MR) is 185 cm³/mol. The Kier molecular flexibility index (Phi) is 14.7. The van der Waals surface area contributed by atoms with Crippen molar-refractivity contribution in [2.24, 2.45) is 10.3 Å². The quantitative estimate of drug-likeness (QED) is 0.0470. The molecule has 6 N–H and O–H groups in total. The van der Waals surface area contributed by atoms with E-state index >= 15 is 0 Å². The van der Waals surface area contributed by atoms with Gasteiger partial charge in [-0.2, -0.15) is 0 Å². The van der Waals surface area contributed by atoms with E-state index in [1.54, 1.807) is 48.0 Å². The fraction of sp³-hybridized carbons (Fsp3) is 0.400. The molecule has 0 saturated heterocycles. The van der Waals surface area contributed by atoms with E-state index in [2.05, 4.69) is 20.9 Å². The molecule has 0 bridgehead atoms. The molecule has 0 spiro atoms. The molecule has 266 valence electrons. The van der Waals surface area contributed by atoms with Gasteiger partial charge in [-0.15, -0.1) is 22.7 Å². The molecule has 0 aliphatic carbocycles. The van der Waals surface area contributed by atoms with Gasteiger partial charge in [-0.25, -0.2) is 0 Å². The summed E-state index contributed by atoms with van der Waals surface area (Å²) in [5, 5.41) is 56.0. The van der Waals surface area contributed by atoms with Gasteiger partial charge in [0.1, 0.15) is 13.2 Å². The largest absolute Gasteiger partial charge is 0.481 e. The van der Waals surface area contributed by atoms with E-state index in [-0.39, 0.29) is 50.3 Å². The Labute approximate surface area is 295 Å². The zero-order valence-electron chi connectivity index (χ0n) is 26.9. The predicted octanol–water partition coefficient (Wildman–Crippen LogP) is 1.16. The zero-order chi connectivity index (χ0) is 36.0. The lowest BCUT2D eigenvalue weighted by molar-refractivity contribution is -0.139. The summed E-state index contributed by atoms with van der Waals surface area (Å²) < 4.78 is 10.8. The lowest BCUT2D eigenvalue weighted by Gasteiger charge is -2.20. The van der Waals surface area contributed by atoms with Crippen LogP contribution in [0.4, 0.5) is 0 Å². The normalized spacial score (nSPS) is 21.3. The van der Waals surface area contributed by atoms with Crippen molar-refractivity contribution in [2.45, 2.75) is 63.1 Å². The molecule has 2 aromatic rings. The number of thiophene rings is 2. The number of hydrogen-bond donors (Lipinski definition) is 6. The summed E-state index contributed by atoms with van der Waals surface area (Å²) in [7, 11) is -2.91. The van der Waals surface area contributed by atoms with Gasteiger partial charge in [-0.05, 0) is 48.2 Å². The van der Waals surface area contributed by atoms with Crippen LogP contribution in [0.5, 0.6) is 0 Å². The number of nitrogens with one attached hydrogen (secondary N) is 2. The van der Waals surface area contributed by atoms with Crippen LogP contribution in [0, 0.1) is 0 Å². The van der Waals surface area contributed by atoms with Gasteiger partial charge in [0, 0.05) is 6.42 Å². The molecule has 2 aromatic heterocycles. The summed E-state index contributed by atoms with van der Waals surface area (Å²) in [4.78, 5) is 60.3. The number of carboxylic acid groups (broad SMARTS) is 2. The molecular weight excluding hydrogens is 694 g/mol. The van der Waals surface area contributed by atoms with Gasteiger partial charge in [-0.1, -0.05) is 40.7 Å². The molecule has 0 saturated carbocycles. The third kappa shape index (κ3) is 11.6. The first kappa shape index (κ1) is 38.5. The van der Waals surface area contributed by atoms with Crippen molar-refractivity contribution in [2.75, 3.05) is 13.2 Å². The fourth-order valence-electron chi connectivity index (χ4n) is 4.78. The van der Waals surface area contributed by atoms with Crippen LogP contribution in [-0.4, -0.2) is 107 Å². The van der Waals surface area contributed by atoms with E-state index in [9.17, 15) is 29.2 Å². The van der Waals surface area contributed by atoms with Crippen LogP contribution in [0.2, 0.25) is 0 Å². The van der Waals surface area contributed by atoms with E-state index in [1.165, 1.54) is 34.8 Å². The van der Waals surface area contributed by atoms with Crippen LogP contribution >= 0.6 is 22.7 Å². The Hall–Kier alpha value is -4.33. The third-order valence-electron chi connectivity index (χ3n) is 7.18. The van der Waals surface area contributed by atoms with Crippen LogP contribution < -0.4 is 10.6 Å². The SMILES string of the molecule is CCO/N=C(/C(=O)N[C@H]1CC=C[C@H](CC(=O)O)OB1O)c1cc(CCO/N=C(\C(=O)N[C@H]2CC=C[C@H](CC(=O)O)OB2O)c2cccs2)cs1. The Balaban J connectivity index is 1.36. The highest BCUT2D eigenvalue weighted by Crippen LogP contribution is 2.19. The zero-order valence-corrected chi connectivity index (χ0v) is 28.5. The average Bonchev–Trinajstić information content (AvgIpc) is 3.69. The standard InChI is InChI=1S/C30H36B2N4O12S2/c1-2-45-35-28(30(42)34-24-10-4-7-20(16-26(39)40)48-32(24)44)22-14-18(17-50-22)11-12-46-36-27(21-8-5-13-49-21)29(41)33-23-9-3-6-19(15-25(37)38)47-31(23)43/h3-8,13-14,17,19-20,23-24,43-44H,2,9-12,15-16H2,1H3,(H,33,41)(H,34,42)(H,37,38)(H,39,40)/b35-28+,36-27-/t19-,20-,23+,24+/m1/s1. The summed E-state index contributed by atoms with van der Waals surface area (Å²) in [6.45, 7) is 1.97. The number of hydrogen-bond acceptors (Lipinski definition) is 14. The number of carbonyl (C=O) groups is 4. The second-order valence-corrected chi connectivity index (χ2v) is 12.8. The van der Waals surface area contributed by atoms with Crippen LogP contribution in [0.3, 0.4) is 0 Å². The number of aliphatic carboxylic acids is 2. The van der Waals surface area contributed by atoms with Crippen molar-refractivity contribution in [1.82, 2.24) is 10.6 Å². The van der Waals surface area contributed by atoms with Crippen molar-refractivity contribution >= 4 is 72.1 Å². The van der Waals surface area contributed by atoms with Gasteiger partial charge < -0.3 is 49.9 Å². The molecule has 0 unspecified atom stereocenters. The molecule has 2 aliphatic heterocycles. The lowest BCUT2D eigenvalue weighted by Crippen LogP contribution is -2.50. The molecule has 0 radical (unpaired) electrons. The van der Waals surface area contributed by atoms with E-state index < -0.39 is 62.1 Å². The van der Waals surface area contributed by atoms with Crippen LogP contribution in [0.15, 0.2) is 63.6 Å². The lowest BCUT2D eigenvalue weighted by atomic mass is 9.77. The summed E-state index contributed by atoms with van der Waals surface area (Å²) in [5.74, 6) is -5.16.